The van der Waals surface area contributed by atoms with Crippen molar-refractivity contribution in [2.45, 2.75) is 12.3 Å². The van der Waals surface area contributed by atoms with Crippen molar-refractivity contribution in [3.63, 3.8) is 0 Å². The van der Waals surface area contributed by atoms with Gasteiger partial charge in [-0.2, -0.15) is 5.10 Å². The van der Waals surface area contributed by atoms with Crippen LogP contribution in [0, 0.1) is 6.92 Å². The Hall–Kier alpha value is -0.850. The van der Waals surface area contributed by atoms with Crippen LogP contribution < -0.4 is 0 Å². The number of benzene rings is 1. The van der Waals surface area contributed by atoms with E-state index in [-0.39, 0.29) is 5.40 Å². The quantitative estimate of drug-likeness (QED) is 0.453. The fourth-order valence-electron chi connectivity index (χ4n) is 2.16. The normalized spacial score (nSPS) is 13.1. The molecule has 1 aromatic carbocycles. The van der Waals surface area contributed by atoms with E-state index in [1.165, 1.54) is 5.56 Å². The summed E-state index contributed by atoms with van der Waals surface area (Å²) in [6, 6.07) is 8.06. The van der Waals surface area contributed by atoms with E-state index >= 15 is 0 Å². The van der Waals surface area contributed by atoms with Crippen LogP contribution in [-0.4, -0.2) is 56.9 Å². The molecule has 0 aliphatic carbocycles. The number of hydrazone groups is 1. The largest absolute Gasteiger partial charge is 0.323 e. The molecule has 0 aromatic heterocycles. The monoisotopic (exact) mass is 328 g/mol. The highest BCUT2D eigenvalue weighted by atomic mass is 31.2. The number of aryl methyl sites for hydroxylation is 1. The molecule has 0 saturated carbocycles. The second-order valence-electron chi connectivity index (χ2n) is 6.34. The van der Waals surface area contributed by atoms with Crippen LogP contribution in [0.1, 0.15) is 11.1 Å². The SMILES string of the molecule is Cc1ccc(/C=N/N(C)CC(P(C)(C)=O)P(C)(C)=O)cc1. The summed E-state index contributed by atoms with van der Waals surface area (Å²) < 4.78 is 24.7. The summed E-state index contributed by atoms with van der Waals surface area (Å²) in [6.45, 7) is 9.29. The molecule has 0 spiro atoms. The standard InChI is InChI=1S/C15H26N2O2P2/c1-13-7-9-14(10-8-13)11-16-17(2)12-15(20(3,4)18)21(5,6)19/h7-11,15H,12H2,1-6H3/b16-11+. The smallest absolute Gasteiger partial charge is 0.0936 e. The van der Waals surface area contributed by atoms with E-state index in [1.54, 1.807) is 37.9 Å². The molecule has 1 aromatic rings. The summed E-state index contributed by atoms with van der Waals surface area (Å²) in [6.07, 6.45) is 1.77. The fraction of sp³-hybridized carbons (Fsp3) is 0.533. The molecule has 0 fully saturated rings. The first-order valence-corrected chi connectivity index (χ1v) is 12.3. The van der Waals surface area contributed by atoms with Crippen LogP contribution in [0.15, 0.2) is 29.4 Å². The van der Waals surface area contributed by atoms with Crippen LogP contribution >= 0.6 is 14.3 Å². The summed E-state index contributed by atoms with van der Waals surface area (Å²) in [7, 11) is -3.04. The van der Waals surface area contributed by atoms with Crippen molar-refractivity contribution in [3.8, 4) is 0 Å². The van der Waals surface area contributed by atoms with Gasteiger partial charge in [-0.25, -0.2) is 0 Å². The molecule has 0 aliphatic heterocycles. The van der Waals surface area contributed by atoms with Crippen LogP contribution in [0.5, 0.6) is 0 Å². The van der Waals surface area contributed by atoms with Gasteiger partial charge in [0.25, 0.3) is 0 Å². The molecule has 0 amide bonds. The van der Waals surface area contributed by atoms with Crippen molar-refractivity contribution in [1.82, 2.24) is 5.01 Å². The molecule has 0 heterocycles. The predicted molar refractivity (Wildman–Crippen MR) is 94.1 cm³/mol. The van der Waals surface area contributed by atoms with E-state index in [0.29, 0.717) is 6.54 Å². The van der Waals surface area contributed by atoms with E-state index in [9.17, 15) is 9.13 Å². The van der Waals surface area contributed by atoms with Gasteiger partial charge in [0.05, 0.1) is 32.4 Å². The summed E-state index contributed by atoms with van der Waals surface area (Å²) in [5.41, 5.74) is 2.22. The molecule has 0 aliphatic rings. The zero-order chi connectivity index (χ0) is 16.3. The molecule has 118 valence electrons. The van der Waals surface area contributed by atoms with E-state index in [1.807, 2.05) is 38.2 Å². The van der Waals surface area contributed by atoms with Gasteiger partial charge in [-0.3, -0.25) is 5.01 Å². The molecule has 21 heavy (non-hydrogen) atoms. The van der Waals surface area contributed by atoms with E-state index < -0.39 is 14.3 Å². The molecule has 0 saturated heterocycles. The van der Waals surface area contributed by atoms with Crippen LogP contribution in [0.3, 0.4) is 0 Å². The molecular formula is C15H26N2O2P2. The van der Waals surface area contributed by atoms with Gasteiger partial charge >= 0.3 is 0 Å². The topological polar surface area (TPSA) is 49.7 Å². The minimum atomic E-state index is -2.43. The van der Waals surface area contributed by atoms with Crippen molar-refractivity contribution >= 4 is 20.5 Å². The summed E-state index contributed by atoms with van der Waals surface area (Å²) in [5, 5.41) is 5.77. The van der Waals surface area contributed by atoms with Gasteiger partial charge in [0.1, 0.15) is 0 Å². The molecule has 0 bridgehead atoms. The Morgan fingerprint density at radius 3 is 2.00 bits per heavy atom. The van der Waals surface area contributed by atoms with Crippen molar-refractivity contribution in [3.05, 3.63) is 35.4 Å². The van der Waals surface area contributed by atoms with E-state index in [0.717, 1.165) is 5.56 Å². The molecule has 0 unspecified atom stereocenters. The lowest BCUT2D eigenvalue weighted by Gasteiger charge is -2.28. The van der Waals surface area contributed by atoms with Gasteiger partial charge < -0.3 is 9.13 Å². The summed E-state index contributed by atoms with van der Waals surface area (Å²) in [4.78, 5) is 0. The minimum Gasteiger partial charge on any atom is -0.323 e. The lowest BCUT2D eigenvalue weighted by Crippen LogP contribution is -2.25. The van der Waals surface area contributed by atoms with Gasteiger partial charge in [0, 0.05) is 7.05 Å². The highest BCUT2D eigenvalue weighted by Crippen LogP contribution is 2.61. The molecular weight excluding hydrogens is 302 g/mol. The first-order valence-electron chi connectivity index (χ1n) is 6.91. The second kappa shape index (κ2) is 6.94. The van der Waals surface area contributed by atoms with Crippen LogP contribution in [0.4, 0.5) is 0 Å². The molecule has 0 atom stereocenters. The third-order valence-electron chi connectivity index (χ3n) is 3.34. The van der Waals surface area contributed by atoms with Gasteiger partial charge in [-0.15, -0.1) is 0 Å². The molecule has 1 rings (SSSR count). The van der Waals surface area contributed by atoms with Gasteiger partial charge in [0.15, 0.2) is 0 Å². The predicted octanol–water partition coefficient (Wildman–Crippen LogP) is 3.83. The Kier molecular flexibility index (Phi) is 6.01. The highest BCUT2D eigenvalue weighted by Gasteiger charge is 2.34. The average molecular weight is 328 g/mol. The van der Waals surface area contributed by atoms with Crippen LogP contribution in [-0.2, 0) is 9.13 Å². The first-order chi connectivity index (χ1) is 9.50. The molecule has 4 nitrogen and oxygen atoms in total. The third-order valence-corrected chi connectivity index (χ3v) is 9.88. The molecule has 6 heteroatoms. The Balaban J connectivity index is 2.79. The maximum atomic E-state index is 12.4. The lowest BCUT2D eigenvalue weighted by atomic mass is 10.2. The maximum absolute atomic E-state index is 12.4. The third kappa shape index (κ3) is 6.20. The Morgan fingerprint density at radius 2 is 1.57 bits per heavy atom. The van der Waals surface area contributed by atoms with Gasteiger partial charge in [-0.1, -0.05) is 29.8 Å². The lowest BCUT2D eigenvalue weighted by molar-refractivity contribution is 0.367. The minimum absolute atomic E-state index is 0.315. The first kappa shape index (κ1) is 18.2. The van der Waals surface area contributed by atoms with Gasteiger partial charge in [-0.05, 0) is 39.1 Å². The van der Waals surface area contributed by atoms with Gasteiger partial charge in [0.2, 0.25) is 0 Å². The molecule has 0 N–H and O–H groups in total. The van der Waals surface area contributed by atoms with Crippen molar-refractivity contribution in [1.29, 1.82) is 0 Å². The Morgan fingerprint density at radius 1 is 1.10 bits per heavy atom. The average Bonchev–Trinajstić information content (AvgIpc) is 2.32. The Labute approximate surface area is 128 Å². The van der Waals surface area contributed by atoms with Crippen LogP contribution in [0.25, 0.3) is 0 Å². The summed E-state index contributed by atoms with van der Waals surface area (Å²) >= 11 is 0. The highest BCUT2D eigenvalue weighted by molar-refractivity contribution is 7.80. The number of nitrogens with zero attached hydrogens (tertiary/aromatic N) is 2. The van der Waals surface area contributed by atoms with Crippen molar-refractivity contribution in [2.75, 3.05) is 40.3 Å². The zero-order valence-electron chi connectivity index (χ0n) is 13.8. The van der Waals surface area contributed by atoms with Crippen molar-refractivity contribution in [2.24, 2.45) is 5.10 Å². The second-order valence-corrected chi connectivity index (χ2v) is 13.7. The van der Waals surface area contributed by atoms with E-state index in [2.05, 4.69) is 5.10 Å². The summed E-state index contributed by atoms with van der Waals surface area (Å²) in [5.74, 6) is 0. The number of rotatable bonds is 6. The van der Waals surface area contributed by atoms with E-state index in [4.69, 9.17) is 0 Å². The molecule has 0 radical (unpaired) electrons. The number of hydrogen-bond donors (Lipinski definition) is 0. The maximum Gasteiger partial charge on any atom is 0.0936 e. The zero-order valence-corrected chi connectivity index (χ0v) is 15.6. The number of hydrogen-bond acceptors (Lipinski definition) is 4. The van der Waals surface area contributed by atoms with Crippen LogP contribution in [0.2, 0.25) is 0 Å². The fourth-order valence-corrected chi connectivity index (χ4v) is 8.78. The van der Waals surface area contributed by atoms with Crippen molar-refractivity contribution < 1.29 is 9.13 Å². The Bertz CT molecular complexity index is 562.